The standard InChI is InChI=1S/C10H20N2O3/c1-9(2,3)15-8(13)12-10(14-4)5-6-11-7-10/h11H,5-7H2,1-4H3,(H,12,13). The number of carbonyl (C=O) groups excluding carboxylic acids is 1. The minimum atomic E-state index is -0.609. The first-order valence-corrected chi connectivity index (χ1v) is 5.14. The molecule has 5 heteroatoms. The maximum atomic E-state index is 11.5. The molecule has 2 N–H and O–H groups in total. The minimum Gasteiger partial charge on any atom is -0.444 e. The molecule has 88 valence electrons. The van der Waals surface area contributed by atoms with Crippen molar-refractivity contribution < 1.29 is 14.3 Å². The predicted octanol–water partition coefficient (Wildman–Crippen LogP) is 0.847. The van der Waals surface area contributed by atoms with Crippen LogP contribution in [0.3, 0.4) is 0 Å². The van der Waals surface area contributed by atoms with E-state index in [-0.39, 0.29) is 0 Å². The fourth-order valence-electron chi connectivity index (χ4n) is 1.49. The van der Waals surface area contributed by atoms with Crippen LogP contribution in [0.4, 0.5) is 4.79 Å². The van der Waals surface area contributed by atoms with Gasteiger partial charge in [-0.3, -0.25) is 5.32 Å². The second kappa shape index (κ2) is 4.37. The Kier molecular flexibility index (Phi) is 3.57. The quantitative estimate of drug-likeness (QED) is 0.672. The normalized spacial score (nSPS) is 26.4. The summed E-state index contributed by atoms with van der Waals surface area (Å²) < 4.78 is 10.5. The molecule has 0 saturated carbocycles. The van der Waals surface area contributed by atoms with Gasteiger partial charge in [-0.05, 0) is 27.3 Å². The Morgan fingerprint density at radius 1 is 1.47 bits per heavy atom. The van der Waals surface area contributed by atoms with E-state index in [2.05, 4.69) is 10.6 Å². The van der Waals surface area contributed by atoms with Crippen LogP contribution in [-0.2, 0) is 9.47 Å². The first-order chi connectivity index (χ1) is 6.87. The Morgan fingerprint density at radius 3 is 2.53 bits per heavy atom. The summed E-state index contributed by atoms with van der Waals surface area (Å²) in [5, 5.41) is 5.89. The van der Waals surface area contributed by atoms with Crippen molar-refractivity contribution in [2.24, 2.45) is 0 Å². The third-order valence-electron chi connectivity index (χ3n) is 2.24. The summed E-state index contributed by atoms with van der Waals surface area (Å²) in [7, 11) is 1.59. The van der Waals surface area contributed by atoms with Gasteiger partial charge in [-0.1, -0.05) is 0 Å². The highest BCUT2D eigenvalue weighted by molar-refractivity contribution is 5.68. The third-order valence-corrected chi connectivity index (χ3v) is 2.24. The second-order valence-corrected chi connectivity index (χ2v) is 4.75. The third kappa shape index (κ3) is 3.68. The molecule has 0 bridgehead atoms. The Labute approximate surface area is 90.5 Å². The maximum absolute atomic E-state index is 11.5. The molecule has 0 radical (unpaired) electrons. The molecule has 1 unspecified atom stereocenters. The minimum absolute atomic E-state index is 0.437. The summed E-state index contributed by atoms with van der Waals surface area (Å²) in [5.41, 5.74) is -1.09. The SMILES string of the molecule is COC1(NC(=O)OC(C)(C)C)CCNC1. The lowest BCUT2D eigenvalue weighted by Gasteiger charge is -2.29. The molecule has 1 rings (SSSR count). The lowest BCUT2D eigenvalue weighted by molar-refractivity contribution is -0.0322. The molecule has 15 heavy (non-hydrogen) atoms. The topological polar surface area (TPSA) is 59.6 Å². The van der Waals surface area contributed by atoms with Gasteiger partial charge in [0, 0.05) is 20.1 Å². The zero-order valence-electron chi connectivity index (χ0n) is 9.85. The molecule has 1 saturated heterocycles. The van der Waals surface area contributed by atoms with E-state index in [0.717, 1.165) is 13.0 Å². The Hall–Kier alpha value is -0.810. The van der Waals surface area contributed by atoms with Gasteiger partial charge in [0.2, 0.25) is 0 Å². The largest absolute Gasteiger partial charge is 0.444 e. The van der Waals surface area contributed by atoms with Crippen molar-refractivity contribution in [3.8, 4) is 0 Å². The molecular weight excluding hydrogens is 196 g/mol. The van der Waals surface area contributed by atoms with Crippen molar-refractivity contribution in [2.45, 2.75) is 38.5 Å². The summed E-state index contributed by atoms with van der Waals surface area (Å²) in [5.74, 6) is 0. The smallest absolute Gasteiger partial charge is 0.409 e. The van der Waals surface area contributed by atoms with Gasteiger partial charge in [0.25, 0.3) is 0 Å². The molecule has 1 heterocycles. The van der Waals surface area contributed by atoms with E-state index in [4.69, 9.17) is 9.47 Å². The van der Waals surface area contributed by atoms with Gasteiger partial charge in [0.05, 0.1) is 0 Å². The Balaban J connectivity index is 2.49. The van der Waals surface area contributed by atoms with E-state index >= 15 is 0 Å². The van der Waals surface area contributed by atoms with E-state index in [1.54, 1.807) is 7.11 Å². The summed E-state index contributed by atoms with van der Waals surface area (Å²) >= 11 is 0. The van der Waals surface area contributed by atoms with Crippen molar-refractivity contribution in [3.63, 3.8) is 0 Å². The molecule has 1 fully saturated rings. The van der Waals surface area contributed by atoms with E-state index in [1.807, 2.05) is 20.8 Å². The van der Waals surface area contributed by atoms with Crippen LogP contribution < -0.4 is 10.6 Å². The number of ether oxygens (including phenoxy) is 2. The van der Waals surface area contributed by atoms with Gasteiger partial charge < -0.3 is 14.8 Å². The molecule has 1 atom stereocenters. The van der Waals surface area contributed by atoms with Gasteiger partial charge in [0.15, 0.2) is 5.72 Å². The van der Waals surface area contributed by atoms with Gasteiger partial charge in [-0.2, -0.15) is 0 Å². The zero-order chi connectivity index (χ0) is 11.5. The van der Waals surface area contributed by atoms with E-state index in [9.17, 15) is 4.79 Å². The molecule has 5 nitrogen and oxygen atoms in total. The van der Waals surface area contributed by atoms with E-state index in [0.29, 0.717) is 6.54 Å². The number of hydrogen-bond acceptors (Lipinski definition) is 4. The lowest BCUT2D eigenvalue weighted by atomic mass is 10.2. The fraction of sp³-hybridized carbons (Fsp3) is 0.900. The Morgan fingerprint density at radius 2 is 2.13 bits per heavy atom. The van der Waals surface area contributed by atoms with Crippen LogP contribution >= 0.6 is 0 Å². The molecule has 0 aromatic heterocycles. The van der Waals surface area contributed by atoms with Crippen LogP contribution in [0, 0.1) is 0 Å². The predicted molar refractivity (Wildman–Crippen MR) is 56.6 cm³/mol. The van der Waals surface area contributed by atoms with Crippen LogP contribution in [0.2, 0.25) is 0 Å². The number of rotatable bonds is 2. The highest BCUT2D eigenvalue weighted by Gasteiger charge is 2.36. The number of carbonyl (C=O) groups is 1. The summed E-state index contributed by atoms with van der Waals surface area (Å²) in [6.45, 7) is 6.95. The van der Waals surface area contributed by atoms with Crippen molar-refractivity contribution in [2.75, 3.05) is 20.2 Å². The second-order valence-electron chi connectivity index (χ2n) is 4.75. The first-order valence-electron chi connectivity index (χ1n) is 5.14. The maximum Gasteiger partial charge on any atom is 0.409 e. The van der Waals surface area contributed by atoms with Gasteiger partial charge in [-0.15, -0.1) is 0 Å². The molecule has 0 aliphatic carbocycles. The molecule has 1 aliphatic rings. The first kappa shape index (κ1) is 12.3. The van der Waals surface area contributed by atoms with Gasteiger partial charge in [-0.25, -0.2) is 4.79 Å². The molecule has 0 aromatic rings. The van der Waals surface area contributed by atoms with Crippen molar-refractivity contribution in [1.29, 1.82) is 0 Å². The van der Waals surface area contributed by atoms with Gasteiger partial charge in [0.1, 0.15) is 5.60 Å². The van der Waals surface area contributed by atoms with Crippen molar-refractivity contribution >= 4 is 6.09 Å². The fourth-order valence-corrected chi connectivity index (χ4v) is 1.49. The van der Waals surface area contributed by atoms with Crippen molar-refractivity contribution in [1.82, 2.24) is 10.6 Å². The average molecular weight is 216 g/mol. The van der Waals surface area contributed by atoms with Crippen LogP contribution in [0.1, 0.15) is 27.2 Å². The van der Waals surface area contributed by atoms with Crippen LogP contribution in [-0.4, -0.2) is 37.6 Å². The van der Waals surface area contributed by atoms with Crippen LogP contribution in [0.15, 0.2) is 0 Å². The number of alkyl carbamates (subject to hydrolysis) is 1. The van der Waals surface area contributed by atoms with E-state index < -0.39 is 17.4 Å². The zero-order valence-corrected chi connectivity index (χ0v) is 9.85. The summed E-state index contributed by atoms with van der Waals surface area (Å²) in [6.07, 6.45) is 0.316. The molecule has 1 aliphatic heterocycles. The molecule has 0 aromatic carbocycles. The lowest BCUT2D eigenvalue weighted by Crippen LogP contribution is -2.52. The molecule has 0 spiro atoms. The van der Waals surface area contributed by atoms with Gasteiger partial charge >= 0.3 is 6.09 Å². The Bertz CT molecular complexity index is 229. The highest BCUT2D eigenvalue weighted by atomic mass is 16.6. The number of hydrogen-bond donors (Lipinski definition) is 2. The number of amides is 1. The number of methoxy groups -OCH3 is 1. The monoisotopic (exact) mass is 216 g/mol. The molecular formula is C10H20N2O3. The summed E-state index contributed by atoms with van der Waals surface area (Å²) in [6, 6.07) is 0. The van der Waals surface area contributed by atoms with Crippen LogP contribution in [0.25, 0.3) is 0 Å². The highest BCUT2D eigenvalue weighted by Crippen LogP contribution is 2.16. The van der Waals surface area contributed by atoms with Crippen molar-refractivity contribution in [3.05, 3.63) is 0 Å². The van der Waals surface area contributed by atoms with E-state index in [1.165, 1.54) is 0 Å². The van der Waals surface area contributed by atoms with Crippen LogP contribution in [0.5, 0.6) is 0 Å². The molecule has 1 amide bonds. The number of nitrogens with one attached hydrogen (secondary N) is 2. The average Bonchev–Trinajstić information content (AvgIpc) is 2.50. The summed E-state index contributed by atoms with van der Waals surface area (Å²) in [4.78, 5) is 11.5.